The molecule has 0 saturated carbocycles. The van der Waals surface area contributed by atoms with Gasteiger partial charge in [0.15, 0.2) is 0 Å². The first kappa shape index (κ1) is 15.0. The van der Waals surface area contributed by atoms with Gasteiger partial charge in [-0.25, -0.2) is 0 Å². The maximum absolute atomic E-state index is 12.1. The van der Waals surface area contributed by atoms with Crippen LogP contribution < -0.4 is 11.1 Å². The molecule has 3 N–H and O–H groups in total. The lowest BCUT2D eigenvalue weighted by Crippen LogP contribution is -2.23. The number of carbonyl (C=O) groups excluding carboxylic acids is 1. The van der Waals surface area contributed by atoms with Crippen molar-refractivity contribution in [3.05, 3.63) is 68.7 Å². The average Bonchev–Trinajstić information content (AvgIpc) is 2.48. The van der Waals surface area contributed by atoms with E-state index in [0.29, 0.717) is 28.1 Å². The van der Waals surface area contributed by atoms with Crippen molar-refractivity contribution in [3.63, 3.8) is 0 Å². The zero-order chi connectivity index (χ0) is 14.5. The van der Waals surface area contributed by atoms with E-state index in [1.807, 2.05) is 24.3 Å². The number of carbonyl (C=O) groups is 1. The molecule has 0 bridgehead atoms. The molecular weight excluding hydrogens is 340 g/mol. The van der Waals surface area contributed by atoms with Crippen LogP contribution in [0.1, 0.15) is 21.5 Å². The van der Waals surface area contributed by atoms with Gasteiger partial charge in [0.1, 0.15) is 0 Å². The van der Waals surface area contributed by atoms with Crippen LogP contribution in [0.5, 0.6) is 0 Å². The number of halogens is 2. The number of nitrogens with two attached hydrogens (primary N) is 1. The third-order valence-corrected chi connectivity index (χ3v) is 4.20. The Bertz CT molecular complexity index is 614. The van der Waals surface area contributed by atoms with Gasteiger partial charge in [0, 0.05) is 17.6 Å². The Morgan fingerprint density at radius 1 is 1.15 bits per heavy atom. The molecule has 0 spiro atoms. The van der Waals surface area contributed by atoms with Gasteiger partial charge in [-0.05, 0) is 39.2 Å². The van der Waals surface area contributed by atoms with Crippen LogP contribution in [0, 0.1) is 0 Å². The summed E-state index contributed by atoms with van der Waals surface area (Å²) in [5, 5.41) is 3.27. The minimum atomic E-state index is -0.195. The summed E-state index contributed by atoms with van der Waals surface area (Å²) in [5.74, 6) is -0.195. The molecule has 0 aromatic heterocycles. The third-order valence-electron chi connectivity index (χ3n) is 2.91. The largest absolute Gasteiger partial charge is 0.348 e. The Labute approximate surface area is 131 Å². The summed E-state index contributed by atoms with van der Waals surface area (Å²) in [6, 6.07) is 13.1. The summed E-state index contributed by atoms with van der Waals surface area (Å²) in [4.78, 5) is 12.1. The van der Waals surface area contributed by atoms with Gasteiger partial charge in [-0.3, -0.25) is 4.79 Å². The van der Waals surface area contributed by atoms with E-state index < -0.39 is 0 Å². The van der Waals surface area contributed by atoms with Gasteiger partial charge in [-0.2, -0.15) is 0 Å². The van der Waals surface area contributed by atoms with Gasteiger partial charge < -0.3 is 11.1 Å². The highest BCUT2D eigenvalue weighted by atomic mass is 79.9. The monoisotopic (exact) mass is 352 g/mol. The van der Waals surface area contributed by atoms with E-state index >= 15 is 0 Å². The Morgan fingerprint density at radius 3 is 2.45 bits per heavy atom. The van der Waals surface area contributed by atoms with Gasteiger partial charge in [-0.15, -0.1) is 0 Å². The molecule has 0 atom stereocenters. The lowest BCUT2D eigenvalue weighted by atomic mass is 10.1. The van der Waals surface area contributed by atoms with E-state index in [9.17, 15) is 4.79 Å². The van der Waals surface area contributed by atoms with E-state index in [-0.39, 0.29) is 5.91 Å². The average molecular weight is 354 g/mol. The molecule has 20 heavy (non-hydrogen) atoms. The van der Waals surface area contributed by atoms with Gasteiger partial charge in [0.2, 0.25) is 0 Å². The number of hydrogen-bond donors (Lipinski definition) is 2. The van der Waals surface area contributed by atoms with Crippen LogP contribution in [0.2, 0.25) is 5.02 Å². The fourth-order valence-electron chi connectivity index (χ4n) is 1.75. The zero-order valence-corrected chi connectivity index (χ0v) is 13.0. The van der Waals surface area contributed by atoms with E-state index in [0.717, 1.165) is 11.1 Å². The highest BCUT2D eigenvalue weighted by Gasteiger charge is 2.11. The SMILES string of the molecule is NCc1ccc(CNC(=O)c2cccc(Br)c2Cl)cc1. The second-order valence-electron chi connectivity index (χ2n) is 4.30. The Kier molecular flexibility index (Phi) is 5.17. The lowest BCUT2D eigenvalue weighted by molar-refractivity contribution is 0.0951. The summed E-state index contributed by atoms with van der Waals surface area (Å²) >= 11 is 9.39. The Morgan fingerprint density at radius 2 is 1.80 bits per heavy atom. The molecule has 2 aromatic rings. The Balaban J connectivity index is 2.02. The van der Waals surface area contributed by atoms with Crippen LogP contribution in [0.25, 0.3) is 0 Å². The molecule has 0 heterocycles. The van der Waals surface area contributed by atoms with E-state index in [1.165, 1.54) is 0 Å². The molecule has 0 saturated heterocycles. The maximum atomic E-state index is 12.1. The highest BCUT2D eigenvalue weighted by molar-refractivity contribution is 9.10. The predicted molar refractivity (Wildman–Crippen MR) is 84.7 cm³/mol. The van der Waals surface area contributed by atoms with Crippen molar-refractivity contribution in [2.45, 2.75) is 13.1 Å². The molecule has 3 nitrogen and oxygen atoms in total. The number of nitrogens with one attached hydrogen (secondary N) is 1. The van der Waals surface area contributed by atoms with Gasteiger partial charge in [0.05, 0.1) is 10.6 Å². The first-order valence-corrected chi connectivity index (χ1v) is 7.29. The van der Waals surface area contributed by atoms with Crippen molar-refractivity contribution >= 4 is 33.4 Å². The summed E-state index contributed by atoms with van der Waals surface area (Å²) in [7, 11) is 0. The predicted octanol–water partition coefficient (Wildman–Crippen LogP) is 3.49. The van der Waals surface area contributed by atoms with Crippen molar-refractivity contribution < 1.29 is 4.79 Å². The molecule has 2 rings (SSSR count). The van der Waals surface area contributed by atoms with Crippen molar-refractivity contribution in [2.24, 2.45) is 5.73 Å². The van der Waals surface area contributed by atoms with Gasteiger partial charge in [0.25, 0.3) is 5.91 Å². The standard InChI is InChI=1S/C15H14BrClN2O/c16-13-3-1-2-12(14(13)17)15(20)19-9-11-6-4-10(8-18)5-7-11/h1-7H,8-9,18H2,(H,19,20). The molecule has 5 heteroatoms. The number of rotatable bonds is 4. The molecule has 1 amide bonds. The van der Waals surface area contributed by atoms with Crippen molar-refractivity contribution in [1.29, 1.82) is 0 Å². The second kappa shape index (κ2) is 6.88. The van der Waals surface area contributed by atoms with Crippen molar-refractivity contribution in [3.8, 4) is 0 Å². The molecular formula is C15H14BrClN2O. The van der Waals surface area contributed by atoms with Gasteiger partial charge in [-0.1, -0.05) is 41.9 Å². The molecule has 2 aromatic carbocycles. The molecule has 0 aliphatic heterocycles. The van der Waals surface area contributed by atoms with Crippen molar-refractivity contribution in [1.82, 2.24) is 5.32 Å². The molecule has 0 fully saturated rings. The van der Waals surface area contributed by atoms with Crippen LogP contribution >= 0.6 is 27.5 Å². The lowest BCUT2D eigenvalue weighted by Gasteiger charge is -2.08. The van der Waals surface area contributed by atoms with Crippen LogP contribution in [0.15, 0.2) is 46.9 Å². The molecule has 104 valence electrons. The Hall–Kier alpha value is -1.36. The molecule has 0 aliphatic carbocycles. The first-order valence-electron chi connectivity index (χ1n) is 6.12. The number of hydrogen-bond acceptors (Lipinski definition) is 2. The summed E-state index contributed by atoms with van der Waals surface area (Å²) in [5.41, 5.74) is 8.08. The number of benzene rings is 2. The fraction of sp³-hybridized carbons (Fsp3) is 0.133. The molecule has 0 radical (unpaired) electrons. The van der Waals surface area contributed by atoms with Crippen LogP contribution in [-0.4, -0.2) is 5.91 Å². The maximum Gasteiger partial charge on any atom is 0.253 e. The van der Waals surface area contributed by atoms with Crippen LogP contribution in [0.4, 0.5) is 0 Å². The van der Waals surface area contributed by atoms with E-state index in [4.69, 9.17) is 17.3 Å². The summed E-state index contributed by atoms with van der Waals surface area (Å²) in [6.45, 7) is 0.965. The first-order chi connectivity index (χ1) is 9.61. The summed E-state index contributed by atoms with van der Waals surface area (Å²) < 4.78 is 0.708. The summed E-state index contributed by atoms with van der Waals surface area (Å²) in [6.07, 6.45) is 0. The normalized spacial score (nSPS) is 10.3. The molecule has 0 aliphatic rings. The zero-order valence-electron chi connectivity index (χ0n) is 10.7. The smallest absolute Gasteiger partial charge is 0.253 e. The highest BCUT2D eigenvalue weighted by Crippen LogP contribution is 2.25. The minimum absolute atomic E-state index is 0.195. The van der Waals surface area contributed by atoms with E-state index in [1.54, 1.807) is 18.2 Å². The molecule has 0 unspecified atom stereocenters. The fourth-order valence-corrected chi connectivity index (χ4v) is 2.33. The minimum Gasteiger partial charge on any atom is -0.348 e. The van der Waals surface area contributed by atoms with E-state index in [2.05, 4.69) is 21.2 Å². The van der Waals surface area contributed by atoms with Crippen LogP contribution in [0.3, 0.4) is 0 Å². The van der Waals surface area contributed by atoms with Crippen molar-refractivity contribution in [2.75, 3.05) is 0 Å². The third kappa shape index (κ3) is 3.60. The quantitative estimate of drug-likeness (QED) is 0.884. The van der Waals surface area contributed by atoms with Crippen LogP contribution in [-0.2, 0) is 13.1 Å². The number of amides is 1. The topological polar surface area (TPSA) is 55.1 Å². The second-order valence-corrected chi connectivity index (χ2v) is 5.54. The van der Waals surface area contributed by atoms with Gasteiger partial charge >= 0.3 is 0 Å².